The maximum Gasteiger partial charge on any atom is 0.269 e. The van der Waals surface area contributed by atoms with Crippen molar-refractivity contribution in [2.24, 2.45) is 0 Å². The van der Waals surface area contributed by atoms with Crippen LogP contribution in [0.1, 0.15) is 17.3 Å². The predicted molar refractivity (Wildman–Crippen MR) is 68.5 cm³/mol. The Morgan fingerprint density at radius 3 is 2.29 bits per heavy atom. The summed E-state index contributed by atoms with van der Waals surface area (Å²) in [6.45, 7) is 6.18. The van der Waals surface area contributed by atoms with Gasteiger partial charge in [0, 0.05) is 17.7 Å². The summed E-state index contributed by atoms with van der Waals surface area (Å²) in [7, 11) is -1.69. The van der Waals surface area contributed by atoms with Crippen LogP contribution in [-0.4, -0.2) is 19.1 Å². The van der Waals surface area contributed by atoms with E-state index < -0.39 is 13.2 Å². The zero-order valence-electron chi connectivity index (χ0n) is 10.2. The first-order valence-corrected chi connectivity index (χ1v) is 8.63. The van der Waals surface area contributed by atoms with Crippen molar-refractivity contribution in [1.82, 2.24) is 4.98 Å². The quantitative estimate of drug-likeness (QED) is 0.508. The minimum atomic E-state index is -1.69. The second-order valence-electron chi connectivity index (χ2n) is 4.50. The molecule has 0 unspecified atom stereocenters. The Morgan fingerprint density at radius 1 is 1.35 bits per heavy atom. The highest BCUT2D eigenvalue weighted by Crippen LogP contribution is 2.13. The molecule has 0 heterocycles. The molecule has 0 aliphatic carbocycles. The van der Waals surface area contributed by atoms with Crippen molar-refractivity contribution in [2.45, 2.75) is 26.1 Å². The van der Waals surface area contributed by atoms with Gasteiger partial charge in [-0.1, -0.05) is 20.0 Å². The first kappa shape index (κ1) is 13.4. The van der Waals surface area contributed by atoms with Gasteiger partial charge < -0.3 is 4.98 Å². The molecule has 1 aromatic carbocycles. The Balaban J connectivity index is 2.80. The minimum absolute atomic E-state index is 0.00598. The van der Waals surface area contributed by atoms with E-state index in [0.29, 0.717) is 5.56 Å². The molecule has 0 saturated carbocycles. The highest BCUT2D eigenvalue weighted by Gasteiger charge is 2.21. The average Bonchev–Trinajstić information content (AvgIpc) is 2.28. The lowest BCUT2D eigenvalue weighted by Crippen LogP contribution is -2.47. The fourth-order valence-electron chi connectivity index (χ4n) is 1.20. The van der Waals surface area contributed by atoms with Crippen molar-refractivity contribution in [2.75, 3.05) is 0 Å². The van der Waals surface area contributed by atoms with Gasteiger partial charge in [-0.25, -0.2) is 0 Å². The molecular formula is C11H16N2O3Si. The Hall–Kier alpha value is -1.69. The summed E-state index contributed by atoms with van der Waals surface area (Å²) >= 11 is 0. The van der Waals surface area contributed by atoms with E-state index in [4.69, 9.17) is 0 Å². The molecule has 17 heavy (non-hydrogen) atoms. The van der Waals surface area contributed by atoms with E-state index in [1.165, 1.54) is 24.3 Å². The fourth-order valence-corrected chi connectivity index (χ4v) is 2.14. The summed E-state index contributed by atoms with van der Waals surface area (Å²) in [5.74, 6) is -0.154. The van der Waals surface area contributed by atoms with Gasteiger partial charge in [0.1, 0.15) is 0 Å². The number of nitrogens with one attached hydrogen (secondary N) is 1. The number of hydrogen-bond acceptors (Lipinski definition) is 3. The third kappa shape index (κ3) is 3.67. The fraction of sp³-hybridized carbons (Fsp3) is 0.364. The molecule has 5 nitrogen and oxygen atoms in total. The lowest BCUT2D eigenvalue weighted by atomic mass is 10.2. The van der Waals surface area contributed by atoms with Crippen LogP contribution in [0.2, 0.25) is 19.1 Å². The van der Waals surface area contributed by atoms with Crippen molar-refractivity contribution in [3.8, 4) is 0 Å². The largest absolute Gasteiger partial charge is 0.378 e. The first-order valence-electron chi connectivity index (χ1n) is 5.42. The van der Waals surface area contributed by atoms with Crippen LogP contribution in [0.25, 0.3) is 0 Å². The lowest BCUT2D eigenvalue weighted by Gasteiger charge is -2.21. The van der Waals surface area contributed by atoms with Crippen LogP contribution >= 0.6 is 0 Å². The molecule has 1 N–H and O–H groups in total. The van der Waals surface area contributed by atoms with E-state index in [9.17, 15) is 14.9 Å². The number of carbonyl (C=O) groups is 1. The number of nitro groups is 1. The molecule has 0 radical (unpaired) electrons. The molecule has 0 saturated heterocycles. The molecule has 92 valence electrons. The second kappa shape index (κ2) is 5.09. The SMILES string of the molecule is CC[Si](C)(C)NC(=O)c1ccc([N+](=O)[O-])cc1. The van der Waals surface area contributed by atoms with Gasteiger partial charge in [0.25, 0.3) is 5.69 Å². The van der Waals surface area contributed by atoms with E-state index in [1.54, 1.807) is 0 Å². The molecule has 1 rings (SSSR count). The molecule has 0 atom stereocenters. The van der Waals surface area contributed by atoms with Crippen molar-refractivity contribution in [3.63, 3.8) is 0 Å². The normalized spacial score (nSPS) is 11.0. The van der Waals surface area contributed by atoms with E-state index in [1.807, 2.05) is 6.92 Å². The van der Waals surface area contributed by atoms with Crippen LogP contribution in [-0.2, 0) is 0 Å². The molecule has 6 heteroatoms. The summed E-state index contributed by atoms with van der Waals surface area (Å²) in [6.07, 6.45) is 0. The topological polar surface area (TPSA) is 72.2 Å². The van der Waals surface area contributed by atoms with Gasteiger partial charge in [0.05, 0.1) is 4.92 Å². The number of nitrogens with zero attached hydrogens (tertiary/aromatic N) is 1. The van der Waals surface area contributed by atoms with Crippen molar-refractivity contribution in [1.29, 1.82) is 0 Å². The summed E-state index contributed by atoms with van der Waals surface area (Å²) in [5.41, 5.74) is 0.457. The van der Waals surface area contributed by atoms with Crippen LogP contribution < -0.4 is 4.98 Å². The summed E-state index contributed by atoms with van der Waals surface area (Å²) in [6, 6.07) is 6.60. The van der Waals surface area contributed by atoms with Crippen LogP contribution in [0.5, 0.6) is 0 Å². The second-order valence-corrected chi connectivity index (χ2v) is 9.22. The van der Waals surface area contributed by atoms with E-state index in [2.05, 4.69) is 18.1 Å². The zero-order chi connectivity index (χ0) is 13.1. The van der Waals surface area contributed by atoms with Crippen molar-refractivity contribution < 1.29 is 9.72 Å². The van der Waals surface area contributed by atoms with E-state index in [0.717, 1.165) is 6.04 Å². The summed E-state index contributed by atoms with van der Waals surface area (Å²) < 4.78 is 0. The van der Waals surface area contributed by atoms with Crippen molar-refractivity contribution in [3.05, 3.63) is 39.9 Å². The Morgan fingerprint density at radius 2 is 1.88 bits per heavy atom. The third-order valence-electron chi connectivity index (χ3n) is 2.68. The minimum Gasteiger partial charge on any atom is -0.378 e. The lowest BCUT2D eigenvalue weighted by molar-refractivity contribution is -0.384. The van der Waals surface area contributed by atoms with Crippen molar-refractivity contribution >= 4 is 19.8 Å². The Bertz CT molecular complexity index is 429. The Labute approximate surface area is 101 Å². The standard InChI is InChI=1S/C11H16N2O3Si/c1-4-17(2,3)12-11(14)9-5-7-10(8-6-9)13(15)16/h5-8H,4H2,1-3H3,(H,12,14). The number of carbonyl (C=O) groups excluding carboxylic acids is 1. The highest BCUT2D eigenvalue weighted by molar-refractivity contribution is 6.77. The van der Waals surface area contributed by atoms with Gasteiger partial charge in [-0.2, -0.15) is 0 Å². The van der Waals surface area contributed by atoms with Crippen LogP contribution in [0.15, 0.2) is 24.3 Å². The molecular weight excluding hydrogens is 236 g/mol. The molecule has 0 fully saturated rings. The maximum absolute atomic E-state index is 11.9. The van der Waals surface area contributed by atoms with Crippen LogP contribution in [0.4, 0.5) is 5.69 Å². The number of hydrogen-bond donors (Lipinski definition) is 1. The van der Waals surface area contributed by atoms with E-state index in [-0.39, 0.29) is 11.6 Å². The predicted octanol–water partition coefficient (Wildman–Crippen LogP) is 2.55. The Kier molecular flexibility index (Phi) is 4.00. The monoisotopic (exact) mass is 252 g/mol. The van der Waals surface area contributed by atoms with Gasteiger partial charge in [0.2, 0.25) is 5.91 Å². The number of rotatable bonds is 4. The third-order valence-corrected chi connectivity index (χ3v) is 5.35. The van der Waals surface area contributed by atoms with Gasteiger partial charge in [0.15, 0.2) is 8.24 Å². The van der Waals surface area contributed by atoms with Gasteiger partial charge in [-0.05, 0) is 18.2 Å². The van der Waals surface area contributed by atoms with E-state index >= 15 is 0 Å². The van der Waals surface area contributed by atoms with Gasteiger partial charge in [-0.3, -0.25) is 14.9 Å². The van der Waals surface area contributed by atoms with Crippen LogP contribution in [0.3, 0.4) is 0 Å². The highest BCUT2D eigenvalue weighted by atomic mass is 28.3. The number of benzene rings is 1. The zero-order valence-corrected chi connectivity index (χ0v) is 11.2. The number of nitro benzene ring substituents is 1. The molecule has 0 aromatic heterocycles. The number of amides is 1. The molecule has 1 amide bonds. The molecule has 0 aliphatic heterocycles. The molecule has 1 aromatic rings. The molecule has 0 aliphatic rings. The average molecular weight is 252 g/mol. The van der Waals surface area contributed by atoms with Gasteiger partial charge >= 0.3 is 0 Å². The number of non-ortho nitro benzene ring substituents is 1. The summed E-state index contributed by atoms with van der Waals surface area (Å²) in [5, 5.41) is 10.5. The molecule has 0 spiro atoms. The van der Waals surface area contributed by atoms with Gasteiger partial charge in [-0.15, -0.1) is 0 Å². The smallest absolute Gasteiger partial charge is 0.269 e. The molecule has 0 bridgehead atoms. The van der Waals surface area contributed by atoms with Crippen LogP contribution in [0, 0.1) is 10.1 Å². The summed E-state index contributed by atoms with van der Waals surface area (Å²) in [4.78, 5) is 24.8. The maximum atomic E-state index is 11.9. The first-order chi connectivity index (χ1) is 7.85.